The van der Waals surface area contributed by atoms with Gasteiger partial charge in [0.1, 0.15) is 5.75 Å². The van der Waals surface area contributed by atoms with E-state index in [9.17, 15) is 9.59 Å². The molecule has 1 aromatic carbocycles. The zero-order chi connectivity index (χ0) is 16.7. The molecule has 1 aliphatic heterocycles. The number of carbonyl (C=O) groups excluding carboxylic acids is 2. The van der Waals surface area contributed by atoms with Gasteiger partial charge in [-0.25, -0.2) is 0 Å². The summed E-state index contributed by atoms with van der Waals surface area (Å²) < 4.78 is 10.5. The van der Waals surface area contributed by atoms with Gasteiger partial charge in [0.2, 0.25) is 0 Å². The number of piperidine rings is 1. The number of nitriles is 1. The fourth-order valence-corrected chi connectivity index (χ4v) is 2.55. The molecular weight excluding hydrogens is 296 g/mol. The summed E-state index contributed by atoms with van der Waals surface area (Å²) in [5.41, 5.74) is 0.482. The number of hydrogen-bond donors (Lipinski definition) is 0. The van der Waals surface area contributed by atoms with Gasteiger partial charge in [-0.2, -0.15) is 5.26 Å². The van der Waals surface area contributed by atoms with Crippen LogP contribution in [0.5, 0.6) is 5.75 Å². The fourth-order valence-electron chi connectivity index (χ4n) is 2.55. The molecule has 1 amide bonds. The second-order valence-electron chi connectivity index (χ2n) is 5.36. The highest BCUT2D eigenvalue weighted by Crippen LogP contribution is 2.19. The Hall–Kier alpha value is -2.55. The summed E-state index contributed by atoms with van der Waals surface area (Å²) in [5.74, 6) is -0.181. The molecule has 6 nitrogen and oxygen atoms in total. The van der Waals surface area contributed by atoms with Crippen molar-refractivity contribution in [2.24, 2.45) is 5.92 Å². The van der Waals surface area contributed by atoms with Crippen LogP contribution in [0.1, 0.15) is 25.3 Å². The van der Waals surface area contributed by atoms with Crippen LogP contribution in [-0.2, 0) is 14.3 Å². The first kappa shape index (κ1) is 16.8. The Morgan fingerprint density at radius 1 is 1.43 bits per heavy atom. The van der Waals surface area contributed by atoms with E-state index in [-0.39, 0.29) is 24.4 Å². The molecule has 1 aliphatic rings. The van der Waals surface area contributed by atoms with E-state index in [1.54, 1.807) is 36.1 Å². The molecule has 0 bridgehead atoms. The van der Waals surface area contributed by atoms with Crippen LogP contribution in [0, 0.1) is 17.2 Å². The summed E-state index contributed by atoms with van der Waals surface area (Å²) in [6, 6.07) is 8.68. The maximum Gasteiger partial charge on any atom is 0.310 e. The van der Waals surface area contributed by atoms with E-state index < -0.39 is 0 Å². The van der Waals surface area contributed by atoms with Gasteiger partial charge in [-0.15, -0.1) is 0 Å². The maximum absolute atomic E-state index is 12.2. The molecule has 0 aliphatic carbocycles. The summed E-state index contributed by atoms with van der Waals surface area (Å²) in [6.45, 7) is 3.01. The Labute approximate surface area is 135 Å². The number of esters is 1. The van der Waals surface area contributed by atoms with Crippen molar-refractivity contribution in [1.82, 2.24) is 4.90 Å². The van der Waals surface area contributed by atoms with Crippen LogP contribution < -0.4 is 4.74 Å². The molecule has 0 radical (unpaired) electrons. The Morgan fingerprint density at radius 3 is 3.00 bits per heavy atom. The Balaban J connectivity index is 1.87. The summed E-state index contributed by atoms with van der Waals surface area (Å²) in [4.78, 5) is 25.7. The lowest BCUT2D eigenvalue weighted by atomic mass is 9.98. The summed E-state index contributed by atoms with van der Waals surface area (Å²) in [6.07, 6.45) is 1.52. The van der Waals surface area contributed by atoms with Crippen LogP contribution in [0.4, 0.5) is 0 Å². The van der Waals surface area contributed by atoms with E-state index >= 15 is 0 Å². The van der Waals surface area contributed by atoms with Gasteiger partial charge in [-0.1, -0.05) is 6.07 Å². The van der Waals surface area contributed by atoms with Gasteiger partial charge in [0.15, 0.2) is 6.61 Å². The molecule has 0 saturated carbocycles. The lowest BCUT2D eigenvalue weighted by Crippen LogP contribution is -2.44. The Bertz CT molecular complexity index is 609. The third-order valence-electron chi connectivity index (χ3n) is 3.72. The SMILES string of the molecule is CCOC(=O)C1CCCN(C(=O)COc2cccc(C#N)c2)C1. The van der Waals surface area contributed by atoms with Gasteiger partial charge in [-0.05, 0) is 38.0 Å². The van der Waals surface area contributed by atoms with Crippen LogP contribution in [-0.4, -0.2) is 43.1 Å². The molecule has 1 fully saturated rings. The Morgan fingerprint density at radius 2 is 2.26 bits per heavy atom. The van der Waals surface area contributed by atoms with Crippen molar-refractivity contribution >= 4 is 11.9 Å². The topological polar surface area (TPSA) is 79.6 Å². The Kier molecular flexibility index (Phi) is 5.98. The van der Waals surface area contributed by atoms with Crippen molar-refractivity contribution in [2.45, 2.75) is 19.8 Å². The standard InChI is InChI=1S/C17H20N2O4/c1-2-22-17(21)14-6-4-8-19(11-14)16(20)12-23-15-7-3-5-13(9-15)10-18/h3,5,7,9,14H,2,4,6,8,11-12H2,1H3. The van der Waals surface area contributed by atoms with Gasteiger partial charge >= 0.3 is 5.97 Å². The molecule has 0 N–H and O–H groups in total. The first-order valence-corrected chi connectivity index (χ1v) is 7.71. The van der Waals surface area contributed by atoms with Crippen molar-refractivity contribution in [3.63, 3.8) is 0 Å². The largest absolute Gasteiger partial charge is 0.484 e. The zero-order valence-corrected chi connectivity index (χ0v) is 13.2. The average molecular weight is 316 g/mol. The normalized spacial score (nSPS) is 17.2. The molecule has 1 atom stereocenters. The van der Waals surface area contributed by atoms with Crippen molar-refractivity contribution in [2.75, 3.05) is 26.3 Å². The minimum Gasteiger partial charge on any atom is -0.484 e. The lowest BCUT2D eigenvalue weighted by molar-refractivity contribution is -0.151. The van der Waals surface area contributed by atoms with Crippen LogP contribution in [0.3, 0.4) is 0 Å². The van der Waals surface area contributed by atoms with Crippen molar-refractivity contribution in [3.05, 3.63) is 29.8 Å². The smallest absolute Gasteiger partial charge is 0.310 e. The van der Waals surface area contributed by atoms with Gasteiger partial charge in [0, 0.05) is 13.1 Å². The number of likely N-dealkylation sites (tertiary alicyclic amines) is 1. The van der Waals surface area contributed by atoms with E-state index in [1.165, 1.54) is 0 Å². The number of carbonyl (C=O) groups is 2. The first-order chi connectivity index (χ1) is 11.1. The quantitative estimate of drug-likeness (QED) is 0.773. The highest BCUT2D eigenvalue weighted by Gasteiger charge is 2.29. The van der Waals surface area contributed by atoms with E-state index in [4.69, 9.17) is 14.7 Å². The molecule has 1 aromatic rings. The number of rotatable bonds is 5. The predicted molar refractivity (Wildman–Crippen MR) is 82.6 cm³/mol. The van der Waals surface area contributed by atoms with Crippen LogP contribution in [0.15, 0.2) is 24.3 Å². The van der Waals surface area contributed by atoms with Crippen molar-refractivity contribution in [3.8, 4) is 11.8 Å². The first-order valence-electron chi connectivity index (χ1n) is 7.71. The van der Waals surface area contributed by atoms with Crippen LogP contribution in [0.25, 0.3) is 0 Å². The van der Waals surface area contributed by atoms with Gasteiger partial charge in [0.05, 0.1) is 24.2 Å². The number of amides is 1. The molecule has 1 saturated heterocycles. The lowest BCUT2D eigenvalue weighted by Gasteiger charge is -2.31. The maximum atomic E-state index is 12.2. The monoisotopic (exact) mass is 316 g/mol. The molecule has 0 aromatic heterocycles. The number of hydrogen-bond acceptors (Lipinski definition) is 5. The zero-order valence-electron chi connectivity index (χ0n) is 13.2. The second kappa shape index (κ2) is 8.18. The predicted octanol–water partition coefficient (Wildman–Crippen LogP) is 1.74. The summed E-state index contributed by atoms with van der Waals surface area (Å²) in [5, 5.41) is 8.84. The second-order valence-corrected chi connectivity index (χ2v) is 5.36. The van der Waals surface area contributed by atoms with Crippen molar-refractivity contribution in [1.29, 1.82) is 5.26 Å². The highest BCUT2D eigenvalue weighted by molar-refractivity contribution is 5.79. The van der Waals surface area contributed by atoms with E-state index in [2.05, 4.69) is 0 Å². The number of nitrogens with zero attached hydrogens (tertiary/aromatic N) is 2. The molecule has 1 unspecified atom stereocenters. The highest BCUT2D eigenvalue weighted by atomic mass is 16.5. The van der Waals surface area contributed by atoms with E-state index in [0.29, 0.717) is 31.0 Å². The minimum absolute atomic E-state index is 0.107. The van der Waals surface area contributed by atoms with Gasteiger partial charge in [-0.3, -0.25) is 9.59 Å². The third-order valence-corrected chi connectivity index (χ3v) is 3.72. The van der Waals surface area contributed by atoms with Gasteiger partial charge < -0.3 is 14.4 Å². The van der Waals surface area contributed by atoms with E-state index in [1.807, 2.05) is 6.07 Å². The summed E-state index contributed by atoms with van der Waals surface area (Å²) >= 11 is 0. The van der Waals surface area contributed by atoms with Crippen LogP contribution >= 0.6 is 0 Å². The molecule has 6 heteroatoms. The number of benzene rings is 1. The van der Waals surface area contributed by atoms with Gasteiger partial charge in [0.25, 0.3) is 5.91 Å². The van der Waals surface area contributed by atoms with Crippen LogP contribution in [0.2, 0.25) is 0 Å². The molecule has 1 heterocycles. The molecular formula is C17H20N2O4. The molecule has 23 heavy (non-hydrogen) atoms. The van der Waals surface area contributed by atoms with Crippen molar-refractivity contribution < 1.29 is 19.1 Å². The summed E-state index contributed by atoms with van der Waals surface area (Å²) in [7, 11) is 0. The minimum atomic E-state index is -0.255. The molecule has 122 valence electrons. The molecule has 0 spiro atoms. The fraction of sp³-hybridized carbons (Fsp3) is 0.471. The average Bonchev–Trinajstić information content (AvgIpc) is 2.60. The molecule has 2 rings (SSSR count). The third kappa shape index (κ3) is 4.71. The number of ether oxygens (including phenoxy) is 2. The van der Waals surface area contributed by atoms with E-state index in [0.717, 1.165) is 12.8 Å².